The van der Waals surface area contributed by atoms with Crippen LogP contribution in [0, 0.1) is 6.92 Å². The van der Waals surface area contributed by atoms with Crippen molar-refractivity contribution in [1.29, 1.82) is 0 Å². The van der Waals surface area contributed by atoms with Gasteiger partial charge >= 0.3 is 6.18 Å². The second-order valence-corrected chi connectivity index (χ2v) is 7.00. The zero-order valence-corrected chi connectivity index (χ0v) is 16.3. The van der Waals surface area contributed by atoms with Gasteiger partial charge in [0.25, 0.3) is 11.6 Å². The Bertz CT molecular complexity index is 1010. The molecule has 3 aromatic rings. The monoisotopic (exact) mass is 410 g/mol. The number of anilines is 1. The minimum atomic E-state index is -4.62. The first-order valence-electron chi connectivity index (χ1n) is 9.39. The highest BCUT2D eigenvalue weighted by molar-refractivity contribution is 5.48. The lowest BCUT2D eigenvalue weighted by atomic mass is 10.2. The Kier molecular flexibility index (Phi) is 4.89. The quantitative estimate of drug-likeness (QED) is 0.647. The average molecular weight is 410 g/mol. The number of aromatic nitrogens is 6. The lowest BCUT2D eigenvalue weighted by Gasteiger charge is -2.37. The molecule has 0 spiro atoms. The third kappa shape index (κ3) is 3.76. The molecule has 3 aromatic heterocycles. The Morgan fingerprint density at radius 3 is 2.48 bits per heavy atom. The molecule has 1 fully saturated rings. The van der Waals surface area contributed by atoms with Crippen molar-refractivity contribution in [3.63, 3.8) is 0 Å². The second kappa shape index (κ2) is 7.25. The smallest absolute Gasteiger partial charge is 0.354 e. The van der Waals surface area contributed by atoms with Crippen LogP contribution in [-0.4, -0.2) is 60.8 Å². The fraction of sp³-hybridized carbons (Fsp3) is 0.588. The molecule has 0 amide bonds. The highest BCUT2D eigenvalue weighted by atomic mass is 19.4. The van der Waals surface area contributed by atoms with Crippen molar-refractivity contribution in [3.05, 3.63) is 29.3 Å². The number of hydrogen-bond acceptors (Lipinski definition) is 8. The number of alkyl halides is 3. The van der Waals surface area contributed by atoms with Crippen LogP contribution in [0.2, 0.25) is 0 Å². The van der Waals surface area contributed by atoms with Crippen molar-refractivity contribution in [2.24, 2.45) is 0 Å². The molecule has 1 unspecified atom stereocenters. The summed E-state index contributed by atoms with van der Waals surface area (Å²) < 4.78 is 45.6. The van der Waals surface area contributed by atoms with Gasteiger partial charge < -0.3 is 9.42 Å². The molecule has 9 nitrogen and oxygen atoms in total. The van der Waals surface area contributed by atoms with Gasteiger partial charge in [0.15, 0.2) is 5.82 Å². The van der Waals surface area contributed by atoms with Crippen LogP contribution in [0.1, 0.15) is 43.1 Å². The fourth-order valence-corrected chi connectivity index (χ4v) is 3.39. The largest absolute Gasteiger partial charge is 0.453 e. The maximum Gasteiger partial charge on any atom is 0.453 e. The predicted octanol–water partition coefficient (Wildman–Crippen LogP) is 2.28. The number of piperazine rings is 1. The van der Waals surface area contributed by atoms with Gasteiger partial charge in [0, 0.05) is 44.4 Å². The minimum absolute atomic E-state index is 0.0349. The lowest BCUT2D eigenvalue weighted by Crippen LogP contribution is -2.47. The molecule has 0 saturated carbocycles. The first-order chi connectivity index (χ1) is 13.8. The van der Waals surface area contributed by atoms with Gasteiger partial charge in [-0.25, -0.2) is 4.98 Å². The van der Waals surface area contributed by atoms with Crippen molar-refractivity contribution >= 4 is 11.6 Å². The second-order valence-electron chi connectivity index (χ2n) is 7.00. The summed E-state index contributed by atoms with van der Waals surface area (Å²) in [6, 6.07) is 1.69. The van der Waals surface area contributed by atoms with E-state index in [0.29, 0.717) is 55.8 Å². The molecule has 156 valence electrons. The molecule has 4 rings (SSSR count). The van der Waals surface area contributed by atoms with E-state index in [-0.39, 0.29) is 11.8 Å². The van der Waals surface area contributed by atoms with Crippen molar-refractivity contribution in [3.8, 4) is 0 Å². The van der Waals surface area contributed by atoms with Crippen LogP contribution in [0.4, 0.5) is 19.0 Å². The van der Waals surface area contributed by atoms with E-state index >= 15 is 0 Å². The zero-order valence-electron chi connectivity index (χ0n) is 16.3. The molecular formula is C17H21F3N8O. The molecule has 0 N–H and O–H groups in total. The Labute approximate surface area is 164 Å². The maximum absolute atomic E-state index is 13.0. The van der Waals surface area contributed by atoms with E-state index in [2.05, 4.69) is 30.1 Å². The molecular weight excluding hydrogens is 389 g/mol. The van der Waals surface area contributed by atoms with Gasteiger partial charge in [-0.05, 0) is 13.8 Å². The van der Waals surface area contributed by atoms with Crippen molar-refractivity contribution in [2.75, 3.05) is 31.1 Å². The van der Waals surface area contributed by atoms with E-state index in [4.69, 9.17) is 4.52 Å². The highest BCUT2D eigenvalue weighted by Crippen LogP contribution is 2.28. The van der Waals surface area contributed by atoms with Crippen LogP contribution in [0.3, 0.4) is 0 Å². The molecule has 0 radical (unpaired) electrons. The average Bonchev–Trinajstić information content (AvgIpc) is 3.33. The Morgan fingerprint density at radius 2 is 1.86 bits per heavy atom. The summed E-state index contributed by atoms with van der Waals surface area (Å²) in [7, 11) is 0. The van der Waals surface area contributed by atoms with Crippen LogP contribution in [-0.2, 0) is 12.6 Å². The third-order valence-electron chi connectivity index (χ3n) is 5.02. The van der Waals surface area contributed by atoms with E-state index in [9.17, 15) is 13.2 Å². The third-order valence-corrected chi connectivity index (χ3v) is 5.02. The van der Waals surface area contributed by atoms with E-state index in [0.717, 1.165) is 0 Å². The molecule has 1 atom stereocenters. The predicted molar refractivity (Wildman–Crippen MR) is 96.4 cm³/mol. The topological polar surface area (TPSA) is 88.5 Å². The van der Waals surface area contributed by atoms with Crippen LogP contribution < -0.4 is 4.90 Å². The van der Waals surface area contributed by atoms with Crippen LogP contribution in [0.5, 0.6) is 0 Å². The first-order valence-corrected chi connectivity index (χ1v) is 9.39. The van der Waals surface area contributed by atoms with Crippen molar-refractivity contribution < 1.29 is 17.7 Å². The Morgan fingerprint density at radius 1 is 1.14 bits per heavy atom. The van der Waals surface area contributed by atoms with Gasteiger partial charge in [-0.2, -0.15) is 27.7 Å². The summed E-state index contributed by atoms with van der Waals surface area (Å²) >= 11 is 0. The molecule has 1 saturated heterocycles. The van der Waals surface area contributed by atoms with E-state index in [1.54, 1.807) is 13.0 Å². The SMILES string of the molecule is CCc1noc(C(C)N2CCN(c3cc(C)nc4nc(C(F)(F)F)nn34)CC2)n1. The molecule has 0 aliphatic carbocycles. The number of halogens is 3. The molecule has 4 heterocycles. The standard InChI is InChI=1S/C17H21F3N8O/c1-4-12-22-14(29-25-12)11(3)26-5-7-27(8-6-26)13-9-10(2)21-16-23-15(17(18,19)20)24-28(13)16/h9,11H,4-8H2,1-3H3. The van der Waals surface area contributed by atoms with Gasteiger partial charge in [-0.3, -0.25) is 4.90 Å². The number of aryl methyl sites for hydroxylation is 2. The van der Waals surface area contributed by atoms with Gasteiger partial charge in [0.1, 0.15) is 5.82 Å². The maximum atomic E-state index is 13.0. The Hall–Kier alpha value is -2.76. The summed E-state index contributed by atoms with van der Waals surface area (Å²) in [5.74, 6) is 0.553. The number of fused-ring (bicyclic) bond motifs is 1. The zero-order chi connectivity index (χ0) is 20.8. The summed E-state index contributed by atoms with van der Waals surface area (Å²) in [5.41, 5.74) is 0.586. The summed E-state index contributed by atoms with van der Waals surface area (Å²) in [4.78, 5) is 16.2. The summed E-state index contributed by atoms with van der Waals surface area (Å²) in [6.45, 7) is 8.29. The van der Waals surface area contributed by atoms with Crippen molar-refractivity contribution in [2.45, 2.75) is 39.4 Å². The van der Waals surface area contributed by atoms with Crippen LogP contribution in [0.15, 0.2) is 10.6 Å². The molecule has 1 aliphatic heterocycles. The van der Waals surface area contributed by atoms with Gasteiger partial charge in [0.05, 0.1) is 6.04 Å². The number of rotatable bonds is 4. The van der Waals surface area contributed by atoms with Gasteiger partial charge in [-0.15, -0.1) is 5.10 Å². The summed E-state index contributed by atoms with van der Waals surface area (Å²) in [5, 5.41) is 7.58. The summed E-state index contributed by atoms with van der Waals surface area (Å²) in [6.07, 6.45) is -3.91. The van der Waals surface area contributed by atoms with Crippen LogP contribution in [0.25, 0.3) is 5.78 Å². The number of hydrogen-bond donors (Lipinski definition) is 0. The molecule has 1 aliphatic rings. The van der Waals surface area contributed by atoms with Gasteiger partial charge in [-0.1, -0.05) is 12.1 Å². The highest BCUT2D eigenvalue weighted by Gasteiger charge is 2.37. The molecule has 29 heavy (non-hydrogen) atoms. The number of nitrogens with zero attached hydrogens (tertiary/aromatic N) is 8. The van der Waals surface area contributed by atoms with E-state index in [1.165, 1.54) is 4.52 Å². The lowest BCUT2D eigenvalue weighted by molar-refractivity contribution is -0.144. The molecule has 0 aromatic carbocycles. The van der Waals surface area contributed by atoms with E-state index < -0.39 is 12.0 Å². The van der Waals surface area contributed by atoms with E-state index in [1.807, 2.05) is 18.7 Å². The fourth-order valence-electron chi connectivity index (χ4n) is 3.39. The van der Waals surface area contributed by atoms with Crippen LogP contribution >= 0.6 is 0 Å². The normalized spacial score (nSPS) is 17.2. The Balaban J connectivity index is 1.53. The van der Waals surface area contributed by atoms with Crippen molar-refractivity contribution in [1.82, 2.24) is 34.6 Å². The van der Waals surface area contributed by atoms with Gasteiger partial charge in [0.2, 0.25) is 5.89 Å². The first kappa shape index (κ1) is 19.6. The minimum Gasteiger partial charge on any atom is -0.354 e. The molecule has 12 heteroatoms. The molecule has 0 bridgehead atoms.